The molecule has 1 aliphatic rings. The maximum absolute atomic E-state index is 4.57. The van der Waals surface area contributed by atoms with E-state index < -0.39 is 0 Å². The van der Waals surface area contributed by atoms with Gasteiger partial charge in [0.1, 0.15) is 5.82 Å². The number of anilines is 1. The van der Waals surface area contributed by atoms with E-state index in [0.29, 0.717) is 6.04 Å². The Bertz CT molecular complexity index is 580. The lowest BCUT2D eigenvalue weighted by atomic mass is 9.95. The van der Waals surface area contributed by atoms with Crippen molar-refractivity contribution < 1.29 is 0 Å². The van der Waals surface area contributed by atoms with E-state index in [1.807, 2.05) is 19.1 Å². The minimum atomic E-state index is 0.537. The van der Waals surface area contributed by atoms with Gasteiger partial charge in [-0.3, -0.25) is 0 Å². The minimum Gasteiger partial charge on any atom is -0.366 e. The van der Waals surface area contributed by atoms with Crippen LogP contribution in [0.4, 0.5) is 5.82 Å². The van der Waals surface area contributed by atoms with Crippen molar-refractivity contribution in [1.29, 1.82) is 0 Å². The van der Waals surface area contributed by atoms with E-state index in [0.717, 1.165) is 22.5 Å². The Morgan fingerprint density at radius 1 is 1.35 bits per heavy atom. The number of rotatable bonds is 4. The Hall–Kier alpha value is -1.30. The van der Waals surface area contributed by atoms with Crippen LogP contribution in [0.2, 0.25) is 0 Å². The van der Waals surface area contributed by atoms with Gasteiger partial charge in [0.05, 0.1) is 0 Å². The second-order valence-electron chi connectivity index (χ2n) is 5.32. The fraction of sp³-hybridized carbons (Fsp3) is 0.643. The summed E-state index contributed by atoms with van der Waals surface area (Å²) in [4.78, 5) is 0. The molecule has 2 heterocycles. The van der Waals surface area contributed by atoms with Gasteiger partial charge in [-0.15, -0.1) is 15.3 Å². The summed E-state index contributed by atoms with van der Waals surface area (Å²) in [6.07, 6.45) is 5.14. The van der Waals surface area contributed by atoms with Crippen LogP contribution in [0.5, 0.6) is 0 Å². The molecule has 2 atom stereocenters. The molecule has 0 spiro atoms. The molecule has 0 aliphatic heterocycles. The zero-order valence-electron chi connectivity index (χ0n) is 12.0. The van der Waals surface area contributed by atoms with Crippen molar-refractivity contribution in [2.45, 2.75) is 50.8 Å². The molecule has 3 rings (SSSR count). The Balaban J connectivity index is 1.70. The number of fused-ring (bicyclic) bond motifs is 1. The van der Waals surface area contributed by atoms with Crippen LogP contribution in [0.15, 0.2) is 12.1 Å². The van der Waals surface area contributed by atoms with Crippen LogP contribution >= 0.6 is 11.8 Å². The van der Waals surface area contributed by atoms with Crippen molar-refractivity contribution in [3.8, 4) is 0 Å². The van der Waals surface area contributed by atoms with Gasteiger partial charge in [0.25, 0.3) is 0 Å². The smallest absolute Gasteiger partial charge is 0.178 e. The summed E-state index contributed by atoms with van der Waals surface area (Å²) in [6.45, 7) is 4.16. The van der Waals surface area contributed by atoms with Gasteiger partial charge in [-0.2, -0.15) is 16.3 Å². The molecule has 20 heavy (non-hydrogen) atoms. The summed E-state index contributed by atoms with van der Waals surface area (Å²) < 4.78 is 1.80. The summed E-state index contributed by atoms with van der Waals surface area (Å²) in [7, 11) is 0. The predicted octanol–water partition coefficient (Wildman–Crippen LogP) is 2.91. The number of nitrogens with zero attached hydrogens (tertiary/aromatic N) is 4. The van der Waals surface area contributed by atoms with Crippen LogP contribution < -0.4 is 5.32 Å². The van der Waals surface area contributed by atoms with Crippen molar-refractivity contribution in [2.24, 2.45) is 0 Å². The Morgan fingerprint density at radius 2 is 2.25 bits per heavy atom. The molecule has 0 aromatic carbocycles. The van der Waals surface area contributed by atoms with Crippen molar-refractivity contribution in [3.05, 3.63) is 18.0 Å². The minimum absolute atomic E-state index is 0.537. The first-order chi connectivity index (χ1) is 9.76. The van der Waals surface area contributed by atoms with Gasteiger partial charge < -0.3 is 5.32 Å². The Labute approximate surface area is 123 Å². The number of hydrogen-bond donors (Lipinski definition) is 1. The van der Waals surface area contributed by atoms with Crippen LogP contribution in [0.25, 0.3) is 5.65 Å². The summed E-state index contributed by atoms with van der Waals surface area (Å²) >= 11 is 2.09. The molecule has 1 aliphatic carbocycles. The molecule has 0 amide bonds. The van der Waals surface area contributed by atoms with Gasteiger partial charge >= 0.3 is 0 Å². The van der Waals surface area contributed by atoms with Gasteiger partial charge in [-0.05, 0) is 44.1 Å². The quantitative estimate of drug-likeness (QED) is 0.938. The average Bonchev–Trinajstić information content (AvgIpc) is 2.81. The van der Waals surface area contributed by atoms with Crippen LogP contribution in [0.1, 0.15) is 38.4 Å². The van der Waals surface area contributed by atoms with Crippen molar-refractivity contribution in [2.75, 3.05) is 11.1 Å². The molecule has 1 N–H and O–H groups in total. The van der Waals surface area contributed by atoms with Crippen LogP contribution in [0.3, 0.4) is 0 Å². The van der Waals surface area contributed by atoms with Gasteiger partial charge in [0, 0.05) is 11.3 Å². The molecule has 2 unspecified atom stereocenters. The molecule has 0 saturated heterocycles. The Kier molecular flexibility index (Phi) is 4.10. The number of nitrogens with one attached hydrogen (secondary N) is 1. The van der Waals surface area contributed by atoms with E-state index in [4.69, 9.17) is 0 Å². The zero-order chi connectivity index (χ0) is 13.9. The molecular formula is C14H21N5S. The van der Waals surface area contributed by atoms with Gasteiger partial charge in [-0.25, -0.2) is 0 Å². The standard InChI is InChI=1S/C14H21N5S/c1-3-20-12-6-4-5-11(9-12)15-13-7-8-14-17-16-10(2)19(14)18-13/h7-8,11-12H,3-6,9H2,1-2H3,(H,15,18). The highest BCUT2D eigenvalue weighted by Crippen LogP contribution is 2.29. The molecule has 6 heteroatoms. The topological polar surface area (TPSA) is 55.1 Å². The number of aromatic nitrogens is 4. The van der Waals surface area contributed by atoms with E-state index in [9.17, 15) is 0 Å². The first kappa shape index (κ1) is 13.7. The van der Waals surface area contributed by atoms with E-state index in [-0.39, 0.29) is 0 Å². The van der Waals surface area contributed by atoms with Crippen molar-refractivity contribution in [3.63, 3.8) is 0 Å². The molecule has 0 bridgehead atoms. The molecule has 5 nitrogen and oxygen atoms in total. The highest BCUT2D eigenvalue weighted by molar-refractivity contribution is 7.99. The van der Waals surface area contributed by atoms with Crippen LogP contribution in [0, 0.1) is 6.92 Å². The predicted molar refractivity (Wildman–Crippen MR) is 83.3 cm³/mol. The molecule has 108 valence electrons. The second kappa shape index (κ2) is 5.99. The SMILES string of the molecule is CCSC1CCCC(Nc2ccc3nnc(C)n3n2)C1. The maximum Gasteiger partial charge on any atom is 0.178 e. The largest absolute Gasteiger partial charge is 0.366 e. The van der Waals surface area contributed by atoms with Crippen molar-refractivity contribution in [1.82, 2.24) is 19.8 Å². The highest BCUT2D eigenvalue weighted by atomic mass is 32.2. The van der Waals surface area contributed by atoms with E-state index in [2.05, 4.69) is 39.3 Å². The molecule has 1 fully saturated rings. The Morgan fingerprint density at radius 3 is 3.10 bits per heavy atom. The molecule has 1 saturated carbocycles. The lowest BCUT2D eigenvalue weighted by molar-refractivity contribution is 0.472. The van der Waals surface area contributed by atoms with Gasteiger partial charge in [-0.1, -0.05) is 13.3 Å². The summed E-state index contributed by atoms with van der Waals surface area (Å²) in [6, 6.07) is 4.51. The van der Waals surface area contributed by atoms with Crippen LogP contribution in [-0.2, 0) is 0 Å². The summed E-state index contributed by atoms with van der Waals surface area (Å²) in [5.41, 5.74) is 0.802. The summed E-state index contributed by atoms with van der Waals surface area (Å²) in [5.74, 6) is 2.96. The van der Waals surface area contributed by atoms with Crippen molar-refractivity contribution >= 4 is 23.2 Å². The maximum atomic E-state index is 4.57. The molecule has 2 aromatic heterocycles. The second-order valence-corrected chi connectivity index (χ2v) is 6.90. The van der Waals surface area contributed by atoms with Crippen LogP contribution in [-0.4, -0.2) is 36.9 Å². The number of hydrogen-bond acceptors (Lipinski definition) is 5. The molecular weight excluding hydrogens is 270 g/mol. The molecule has 0 radical (unpaired) electrons. The van der Waals surface area contributed by atoms with Gasteiger partial charge in [0.2, 0.25) is 0 Å². The lowest BCUT2D eigenvalue weighted by Crippen LogP contribution is -2.29. The first-order valence-electron chi connectivity index (χ1n) is 7.33. The lowest BCUT2D eigenvalue weighted by Gasteiger charge is -2.29. The molecule has 2 aromatic rings. The fourth-order valence-electron chi connectivity index (χ4n) is 2.85. The number of thioether (sulfide) groups is 1. The normalized spacial score (nSPS) is 23.1. The van der Waals surface area contributed by atoms with Gasteiger partial charge in [0.15, 0.2) is 11.5 Å². The van der Waals surface area contributed by atoms with E-state index in [1.165, 1.54) is 31.4 Å². The third-order valence-electron chi connectivity index (χ3n) is 3.80. The third-order valence-corrected chi connectivity index (χ3v) is 5.03. The monoisotopic (exact) mass is 291 g/mol. The summed E-state index contributed by atoms with van der Waals surface area (Å²) in [5, 5.41) is 17.1. The highest BCUT2D eigenvalue weighted by Gasteiger charge is 2.22. The number of aryl methyl sites for hydroxylation is 1. The van der Waals surface area contributed by atoms with E-state index in [1.54, 1.807) is 4.52 Å². The zero-order valence-corrected chi connectivity index (χ0v) is 12.9. The van der Waals surface area contributed by atoms with E-state index >= 15 is 0 Å². The first-order valence-corrected chi connectivity index (χ1v) is 8.38. The third kappa shape index (κ3) is 2.90. The fourth-order valence-corrected chi connectivity index (χ4v) is 4.02. The average molecular weight is 291 g/mol.